The van der Waals surface area contributed by atoms with Crippen LogP contribution < -0.4 is 14.8 Å². The van der Waals surface area contributed by atoms with Crippen LogP contribution in [0.25, 0.3) is 10.9 Å². The van der Waals surface area contributed by atoms with Crippen LogP contribution >= 0.6 is 12.4 Å². The van der Waals surface area contributed by atoms with Crippen LogP contribution in [0.15, 0.2) is 72.9 Å². The monoisotopic (exact) mass is 476 g/mol. The Bertz CT molecular complexity index is 1360. The fourth-order valence-electron chi connectivity index (χ4n) is 3.39. The number of rotatable bonds is 8. The number of hydrogen-bond acceptors (Lipinski definition) is 7. The third-order valence-electron chi connectivity index (χ3n) is 4.92. The van der Waals surface area contributed by atoms with E-state index in [2.05, 4.69) is 16.4 Å². The second-order valence-electron chi connectivity index (χ2n) is 7.11. The number of nitro groups is 1. The van der Waals surface area contributed by atoms with Crippen molar-refractivity contribution in [2.75, 3.05) is 11.9 Å². The van der Waals surface area contributed by atoms with Crippen molar-refractivity contribution in [2.45, 2.75) is 13.5 Å². The molecule has 34 heavy (non-hydrogen) atoms. The van der Waals surface area contributed by atoms with Crippen molar-refractivity contribution in [3.63, 3.8) is 0 Å². The van der Waals surface area contributed by atoms with Crippen molar-refractivity contribution in [1.29, 1.82) is 5.26 Å². The molecule has 0 amide bonds. The van der Waals surface area contributed by atoms with E-state index < -0.39 is 4.92 Å². The lowest BCUT2D eigenvalue weighted by molar-refractivity contribution is -0.385. The van der Waals surface area contributed by atoms with Crippen molar-refractivity contribution in [3.8, 4) is 17.6 Å². The number of nitriles is 1. The van der Waals surface area contributed by atoms with E-state index in [1.165, 1.54) is 18.3 Å². The van der Waals surface area contributed by atoms with E-state index in [1.54, 1.807) is 13.0 Å². The Morgan fingerprint density at radius 2 is 1.88 bits per heavy atom. The third kappa shape index (κ3) is 5.34. The zero-order chi connectivity index (χ0) is 23.2. The van der Waals surface area contributed by atoms with Crippen LogP contribution in [-0.2, 0) is 6.61 Å². The van der Waals surface area contributed by atoms with Crippen LogP contribution in [0.4, 0.5) is 17.1 Å². The SMILES string of the molecule is CCOc1cc2ncc(C#N)c(Nc3cccc(OCc4ccccc4)c3)c2cc1[N+](=O)[O-].Cl. The van der Waals surface area contributed by atoms with E-state index in [9.17, 15) is 15.4 Å². The number of pyridine rings is 1. The summed E-state index contributed by atoms with van der Waals surface area (Å²) in [6.07, 6.45) is 1.43. The van der Waals surface area contributed by atoms with Gasteiger partial charge in [0.1, 0.15) is 18.4 Å². The number of benzene rings is 3. The third-order valence-corrected chi connectivity index (χ3v) is 4.92. The summed E-state index contributed by atoms with van der Waals surface area (Å²) in [6, 6.07) is 22.1. The Labute approximate surface area is 202 Å². The van der Waals surface area contributed by atoms with E-state index in [-0.39, 0.29) is 36.0 Å². The molecule has 9 heteroatoms. The van der Waals surface area contributed by atoms with Gasteiger partial charge in [0.2, 0.25) is 0 Å². The van der Waals surface area contributed by atoms with Crippen LogP contribution in [0.1, 0.15) is 18.1 Å². The molecule has 1 N–H and O–H groups in total. The lowest BCUT2D eigenvalue weighted by atomic mass is 10.1. The highest BCUT2D eigenvalue weighted by molar-refractivity contribution is 5.98. The maximum absolute atomic E-state index is 11.6. The number of nitrogens with one attached hydrogen (secondary N) is 1. The van der Waals surface area contributed by atoms with Gasteiger partial charge in [-0.05, 0) is 24.6 Å². The van der Waals surface area contributed by atoms with Gasteiger partial charge >= 0.3 is 5.69 Å². The molecule has 0 aliphatic heterocycles. The molecule has 0 bridgehead atoms. The summed E-state index contributed by atoms with van der Waals surface area (Å²) in [7, 11) is 0. The number of nitrogens with zero attached hydrogens (tertiary/aromatic N) is 3. The van der Waals surface area contributed by atoms with Gasteiger partial charge < -0.3 is 14.8 Å². The Kier molecular flexibility index (Phi) is 7.85. The molecule has 8 nitrogen and oxygen atoms in total. The quantitative estimate of drug-likeness (QED) is 0.239. The van der Waals surface area contributed by atoms with Gasteiger partial charge in [0.15, 0.2) is 5.75 Å². The average molecular weight is 477 g/mol. The molecule has 0 saturated heterocycles. The predicted octanol–water partition coefficient (Wildman–Crippen LogP) is 6.16. The molecule has 0 unspecified atom stereocenters. The molecule has 1 aromatic heterocycles. The molecule has 0 radical (unpaired) electrons. The minimum absolute atomic E-state index is 0. The van der Waals surface area contributed by atoms with Crippen molar-refractivity contribution in [1.82, 2.24) is 4.98 Å². The summed E-state index contributed by atoms with van der Waals surface area (Å²) >= 11 is 0. The first-order valence-corrected chi connectivity index (χ1v) is 10.3. The predicted molar refractivity (Wildman–Crippen MR) is 132 cm³/mol. The number of nitro benzene ring substituents is 1. The molecule has 0 atom stereocenters. The lowest BCUT2D eigenvalue weighted by Gasteiger charge is -2.14. The second-order valence-corrected chi connectivity index (χ2v) is 7.11. The first kappa shape index (κ1) is 24.3. The van der Waals surface area contributed by atoms with Crippen molar-refractivity contribution in [2.24, 2.45) is 0 Å². The Morgan fingerprint density at radius 3 is 2.59 bits per heavy atom. The Morgan fingerprint density at radius 1 is 1.09 bits per heavy atom. The molecule has 3 aromatic carbocycles. The normalized spacial score (nSPS) is 10.1. The van der Waals surface area contributed by atoms with Gasteiger partial charge in [0, 0.05) is 35.5 Å². The van der Waals surface area contributed by atoms with Crippen LogP contribution in [0.3, 0.4) is 0 Å². The number of fused-ring (bicyclic) bond motifs is 1. The fraction of sp³-hybridized carbons (Fsp3) is 0.120. The van der Waals surface area contributed by atoms with Gasteiger partial charge in [-0.3, -0.25) is 15.1 Å². The van der Waals surface area contributed by atoms with Gasteiger partial charge in [-0.2, -0.15) is 5.26 Å². The molecule has 1 heterocycles. The smallest absolute Gasteiger partial charge is 0.311 e. The molecular formula is C25H21ClN4O4. The van der Waals surface area contributed by atoms with Gasteiger partial charge in [-0.15, -0.1) is 12.4 Å². The highest BCUT2D eigenvalue weighted by Crippen LogP contribution is 2.37. The first-order valence-electron chi connectivity index (χ1n) is 10.3. The van der Waals surface area contributed by atoms with E-state index >= 15 is 0 Å². The zero-order valence-corrected chi connectivity index (χ0v) is 19.0. The van der Waals surface area contributed by atoms with Crippen LogP contribution in [-0.4, -0.2) is 16.5 Å². The summed E-state index contributed by atoms with van der Waals surface area (Å²) in [5.41, 5.74) is 2.68. The molecule has 0 fully saturated rings. The Balaban J connectivity index is 0.00000324. The molecule has 0 spiro atoms. The van der Waals surface area contributed by atoms with Crippen LogP contribution in [0.5, 0.6) is 11.5 Å². The molecule has 0 aliphatic carbocycles. The lowest BCUT2D eigenvalue weighted by Crippen LogP contribution is -2.01. The molecule has 4 rings (SSSR count). The standard InChI is InChI=1S/C25H20N4O4.ClH/c1-2-32-24-13-22-21(12-23(24)29(30)31)25(18(14-26)15-27-22)28-19-9-6-10-20(11-19)33-16-17-7-4-3-5-8-17;/h3-13,15H,2,16H2,1H3,(H,27,28);1H. The van der Waals surface area contributed by atoms with Crippen LogP contribution in [0.2, 0.25) is 0 Å². The summed E-state index contributed by atoms with van der Waals surface area (Å²) in [6.45, 7) is 2.45. The topological polar surface area (TPSA) is 110 Å². The first-order chi connectivity index (χ1) is 16.1. The highest BCUT2D eigenvalue weighted by Gasteiger charge is 2.20. The van der Waals surface area contributed by atoms with Gasteiger partial charge in [-0.25, -0.2) is 0 Å². The largest absolute Gasteiger partial charge is 0.489 e. The molecule has 0 saturated carbocycles. The maximum atomic E-state index is 11.6. The minimum Gasteiger partial charge on any atom is -0.489 e. The van der Waals surface area contributed by atoms with Gasteiger partial charge in [0.25, 0.3) is 0 Å². The van der Waals surface area contributed by atoms with E-state index in [0.29, 0.717) is 34.6 Å². The molecule has 0 aliphatic rings. The van der Waals surface area contributed by atoms with Crippen molar-refractivity contribution < 1.29 is 14.4 Å². The molecule has 172 valence electrons. The van der Waals surface area contributed by atoms with Crippen molar-refractivity contribution >= 4 is 40.4 Å². The van der Waals surface area contributed by atoms with E-state index in [1.807, 2.05) is 48.5 Å². The number of halogens is 1. The minimum atomic E-state index is -0.509. The van der Waals surface area contributed by atoms with E-state index in [0.717, 1.165) is 5.56 Å². The number of aromatic nitrogens is 1. The number of hydrogen-bond donors (Lipinski definition) is 1. The number of ether oxygens (including phenoxy) is 2. The van der Waals surface area contributed by atoms with Gasteiger partial charge in [-0.1, -0.05) is 36.4 Å². The Hall–Kier alpha value is -4.35. The summed E-state index contributed by atoms with van der Waals surface area (Å²) in [5, 5.41) is 24.9. The second kappa shape index (κ2) is 11.0. The van der Waals surface area contributed by atoms with Crippen molar-refractivity contribution in [3.05, 3.63) is 94.2 Å². The fourth-order valence-corrected chi connectivity index (χ4v) is 3.39. The van der Waals surface area contributed by atoms with Gasteiger partial charge in [0.05, 0.1) is 28.3 Å². The maximum Gasteiger partial charge on any atom is 0.311 e. The number of anilines is 2. The van der Waals surface area contributed by atoms with E-state index in [4.69, 9.17) is 9.47 Å². The summed E-state index contributed by atoms with van der Waals surface area (Å²) < 4.78 is 11.3. The summed E-state index contributed by atoms with van der Waals surface area (Å²) in [5.74, 6) is 0.778. The molecular weight excluding hydrogens is 456 g/mol. The highest BCUT2D eigenvalue weighted by atomic mass is 35.5. The molecule has 4 aromatic rings. The van der Waals surface area contributed by atoms with Crippen LogP contribution in [0, 0.1) is 21.4 Å². The summed E-state index contributed by atoms with van der Waals surface area (Å²) in [4.78, 5) is 15.4. The zero-order valence-electron chi connectivity index (χ0n) is 18.2. The average Bonchev–Trinajstić information content (AvgIpc) is 2.83.